The molecule has 0 aliphatic heterocycles. The highest BCUT2D eigenvalue weighted by Crippen LogP contribution is 2.48. The number of fused-ring (bicyclic) bond motifs is 10. The molecular weight excluding hydrogens is 1200 g/mol. The van der Waals surface area contributed by atoms with Crippen LogP contribution in [0, 0.1) is 0 Å². The number of nitrogens with zero attached hydrogens (tertiary/aromatic N) is 1. The smallest absolute Gasteiger partial charge is 0.200 e. The van der Waals surface area contributed by atoms with Gasteiger partial charge in [0, 0.05) is 27.0 Å². The summed E-state index contributed by atoms with van der Waals surface area (Å²) >= 11 is 3.36. The predicted octanol–water partition coefficient (Wildman–Crippen LogP) is 24.2. The minimum Gasteiger partial charge on any atom is -0.456 e. The Kier molecular flexibility index (Phi) is 16.3. The van der Waals surface area contributed by atoms with Crippen molar-refractivity contribution in [3.63, 3.8) is 0 Å². The van der Waals surface area contributed by atoms with Crippen LogP contribution in [0.3, 0.4) is 0 Å². The number of aromatic nitrogens is 1. The van der Waals surface area contributed by atoms with Crippen LogP contribution in [0.4, 0.5) is 0 Å². The quantitative estimate of drug-likeness (QED) is 0.135. The fourth-order valence-corrected chi connectivity index (χ4v) is 14.2. The van der Waals surface area contributed by atoms with Crippen LogP contribution in [0.1, 0.15) is 112 Å². The van der Waals surface area contributed by atoms with Gasteiger partial charge in [-0.3, -0.25) is 9.59 Å². The Hall–Kier alpha value is -10.1. The number of para-hydroxylation sites is 2. The monoisotopic (exact) mass is 1270 g/mol. The Bertz CT molecular complexity index is 5260. The summed E-state index contributed by atoms with van der Waals surface area (Å²) < 4.78 is 15.4. The first kappa shape index (κ1) is 60.4. The molecule has 0 N–H and O–H groups in total. The van der Waals surface area contributed by atoms with E-state index in [1.807, 2.05) is 60.7 Å². The number of hydrogen-bond acceptors (Lipinski definition) is 4. The summed E-state index contributed by atoms with van der Waals surface area (Å²) in [6.07, 6.45) is 1.05. The third kappa shape index (κ3) is 11.4. The van der Waals surface area contributed by atoms with Gasteiger partial charge in [-0.05, 0) is 210 Å². The predicted molar refractivity (Wildman–Crippen MR) is 395 cm³/mol. The summed E-state index contributed by atoms with van der Waals surface area (Å²) in [6, 6.07) is 88.4. The van der Waals surface area contributed by atoms with Gasteiger partial charge in [0.2, 0.25) is 10.9 Å². The summed E-state index contributed by atoms with van der Waals surface area (Å²) in [4.78, 5) is 25.6. The molecule has 15 aromatic rings. The lowest BCUT2D eigenvalue weighted by molar-refractivity contribution is 0.659. The maximum absolute atomic E-state index is 13.5. The Labute approximate surface area is 551 Å². The van der Waals surface area contributed by atoms with Gasteiger partial charge in [0.1, 0.15) is 22.3 Å². The van der Waals surface area contributed by atoms with Crippen LogP contribution in [-0.4, -0.2) is 4.57 Å². The van der Waals surface area contributed by atoms with Gasteiger partial charge in [0.25, 0.3) is 0 Å². The van der Waals surface area contributed by atoms with E-state index in [9.17, 15) is 9.59 Å². The molecule has 16 rings (SSSR count). The molecule has 456 valence electrons. The fraction of sp³-hybridized carbons (Fsp3) is 0.149. The van der Waals surface area contributed by atoms with E-state index in [-0.39, 0.29) is 22.7 Å². The first-order valence-electron chi connectivity index (χ1n) is 32.5. The fourth-order valence-electron chi connectivity index (χ4n) is 13.8. The van der Waals surface area contributed by atoms with Crippen LogP contribution in [-0.2, 0) is 6.42 Å². The molecule has 0 amide bonds. The van der Waals surface area contributed by atoms with Gasteiger partial charge in [0.15, 0.2) is 0 Å². The van der Waals surface area contributed by atoms with Crippen LogP contribution >= 0.6 is 15.9 Å². The van der Waals surface area contributed by atoms with E-state index in [0.29, 0.717) is 55.7 Å². The van der Waals surface area contributed by atoms with Crippen molar-refractivity contribution in [2.45, 2.75) is 85.5 Å². The summed E-state index contributed by atoms with van der Waals surface area (Å²) in [5.41, 5.74) is 27.3. The SMILES string of the molecule is CC(C)c1cc(-c2ccccc2)cc2c1Cc1c-2cc(-c2ccccc2)cc1C(C)C.CC(C)c1cc(-c2ccccc2)cc2c3cc(-c4ccccc4)cc(C(C)C)c3n(-c3ccc4c(=O)c5ccccc5oc4c3)c12.O=c1c2ccccc2oc2cc(Br)ccc12. The van der Waals surface area contributed by atoms with Crippen molar-refractivity contribution in [3.05, 3.63) is 313 Å². The summed E-state index contributed by atoms with van der Waals surface area (Å²) in [5.74, 6) is 1.55. The number of benzene rings is 12. The lowest BCUT2D eigenvalue weighted by Crippen LogP contribution is -2.04. The molecule has 0 atom stereocenters. The molecular formula is C87H72BrNO4. The minimum absolute atomic E-state index is 0.00336. The summed E-state index contributed by atoms with van der Waals surface area (Å²) in [7, 11) is 0. The first-order chi connectivity index (χ1) is 45.2. The van der Waals surface area contributed by atoms with E-state index < -0.39 is 0 Å². The lowest BCUT2D eigenvalue weighted by atomic mass is 9.88. The molecule has 0 fully saturated rings. The number of rotatable bonds is 9. The van der Waals surface area contributed by atoms with E-state index in [0.717, 1.165) is 16.6 Å². The van der Waals surface area contributed by atoms with E-state index in [1.165, 1.54) is 111 Å². The average Bonchev–Trinajstić information content (AvgIpc) is 1.61. The maximum atomic E-state index is 13.5. The van der Waals surface area contributed by atoms with Crippen molar-refractivity contribution in [3.8, 4) is 61.3 Å². The Morgan fingerprint density at radius 1 is 0.312 bits per heavy atom. The summed E-state index contributed by atoms with van der Waals surface area (Å²) in [5, 5.41) is 4.87. The van der Waals surface area contributed by atoms with Gasteiger partial charge in [-0.2, -0.15) is 0 Å². The van der Waals surface area contributed by atoms with Gasteiger partial charge in [-0.15, -0.1) is 0 Å². The zero-order valence-electron chi connectivity index (χ0n) is 53.7. The molecule has 3 heterocycles. The zero-order chi connectivity index (χ0) is 64.2. The van der Waals surface area contributed by atoms with Crippen molar-refractivity contribution in [2.75, 3.05) is 0 Å². The molecule has 6 heteroatoms. The van der Waals surface area contributed by atoms with Crippen LogP contribution < -0.4 is 10.9 Å². The van der Waals surface area contributed by atoms with Crippen LogP contribution in [0.5, 0.6) is 0 Å². The van der Waals surface area contributed by atoms with Crippen LogP contribution in [0.25, 0.3) is 127 Å². The van der Waals surface area contributed by atoms with Crippen molar-refractivity contribution in [1.29, 1.82) is 0 Å². The van der Waals surface area contributed by atoms with Crippen molar-refractivity contribution in [1.82, 2.24) is 4.57 Å². The Morgan fingerprint density at radius 3 is 1.04 bits per heavy atom. The molecule has 3 aromatic heterocycles. The molecule has 0 spiro atoms. The van der Waals surface area contributed by atoms with E-state index >= 15 is 0 Å². The maximum Gasteiger partial charge on any atom is 0.200 e. The van der Waals surface area contributed by atoms with Crippen molar-refractivity contribution >= 4 is 81.6 Å². The molecule has 0 saturated heterocycles. The second-order valence-corrected chi connectivity index (χ2v) is 26.8. The van der Waals surface area contributed by atoms with Gasteiger partial charge >= 0.3 is 0 Å². The second kappa shape index (κ2) is 25.2. The Morgan fingerprint density at radius 2 is 0.645 bits per heavy atom. The minimum atomic E-state index is -0.00336. The summed E-state index contributed by atoms with van der Waals surface area (Å²) in [6.45, 7) is 18.4. The molecule has 1 aliphatic rings. The van der Waals surface area contributed by atoms with Crippen LogP contribution in [0.2, 0.25) is 0 Å². The third-order valence-electron chi connectivity index (χ3n) is 18.5. The molecule has 5 nitrogen and oxygen atoms in total. The highest BCUT2D eigenvalue weighted by Gasteiger charge is 2.28. The standard InChI is InChI=1S/C43H35NO2.C31H30.C13H7BrO2/c1-26(2)35-21-30(28-13-7-5-8-14-28)23-37-38-24-31(29-15-9-6-10-16-29)22-36(27(3)4)42(38)44(41(35)37)32-19-20-34-40(25-32)46-39-18-12-11-17-33(39)43(34)45;1-20(2)26-15-24(22-11-7-5-8-12-22)17-28-29-18-25(23-13-9-6-10-14-23)16-27(21(3)4)31(29)19-30(26)28;14-8-5-6-10-12(7-8)16-11-4-2-1-3-9(11)13(10)15/h5-27H,1-4H3;5-18,20-21H,19H2,1-4H3;1-7H. The van der Waals surface area contributed by atoms with Gasteiger partial charge in [-0.1, -0.05) is 229 Å². The third-order valence-corrected chi connectivity index (χ3v) is 19.0. The van der Waals surface area contributed by atoms with Gasteiger partial charge < -0.3 is 13.4 Å². The highest BCUT2D eigenvalue weighted by atomic mass is 79.9. The normalized spacial score (nSPS) is 11.9. The zero-order valence-corrected chi connectivity index (χ0v) is 55.3. The molecule has 93 heavy (non-hydrogen) atoms. The first-order valence-corrected chi connectivity index (χ1v) is 33.3. The topological polar surface area (TPSA) is 65.3 Å². The molecule has 12 aromatic carbocycles. The molecule has 0 bridgehead atoms. The lowest BCUT2D eigenvalue weighted by Gasteiger charge is -2.18. The molecule has 0 unspecified atom stereocenters. The number of halogens is 1. The molecule has 1 aliphatic carbocycles. The van der Waals surface area contributed by atoms with Crippen LogP contribution in [0.15, 0.2) is 278 Å². The second-order valence-electron chi connectivity index (χ2n) is 25.9. The van der Waals surface area contributed by atoms with E-state index in [4.69, 9.17) is 8.83 Å². The van der Waals surface area contributed by atoms with Gasteiger partial charge in [0.05, 0.1) is 32.6 Å². The van der Waals surface area contributed by atoms with Gasteiger partial charge in [-0.25, -0.2) is 0 Å². The van der Waals surface area contributed by atoms with E-state index in [2.05, 4.69) is 252 Å². The number of hydrogen-bond donors (Lipinski definition) is 0. The largest absolute Gasteiger partial charge is 0.456 e. The highest BCUT2D eigenvalue weighted by molar-refractivity contribution is 9.10. The molecule has 0 radical (unpaired) electrons. The van der Waals surface area contributed by atoms with E-state index in [1.54, 1.807) is 18.2 Å². The Balaban J connectivity index is 0.000000136. The average molecular weight is 1280 g/mol. The molecule has 0 saturated carbocycles. The van der Waals surface area contributed by atoms with Crippen molar-refractivity contribution < 1.29 is 8.83 Å². The van der Waals surface area contributed by atoms with Crippen molar-refractivity contribution in [2.24, 2.45) is 0 Å².